The topological polar surface area (TPSA) is 84.6 Å². The molecule has 1 saturated carbocycles. The minimum absolute atomic E-state index is 0.153. The minimum Gasteiger partial charge on any atom is -0.462 e. The summed E-state index contributed by atoms with van der Waals surface area (Å²) in [5, 5.41) is 15.3. The Morgan fingerprint density at radius 1 is 1.61 bits per heavy atom. The number of nitrogens with one attached hydrogen (secondary N) is 1. The number of aliphatic hydroxyl groups is 1. The van der Waals surface area contributed by atoms with Gasteiger partial charge in [-0.15, -0.1) is 11.3 Å². The number of aromatic nitrogens is 1. The van der Waals surface area contributed by atoms with Crippen LogP contribution < -0.4 is 5.32 Å². The Bertz CT molecular complexity index is 663. The zero-order chi connectivity index (χ0) is 16.2. The van der Waals surface area contributed by atoms with E-state index in [0.717, 1.165) is 10.7 Å². The lowest BCUT2D eigenvalue weighted by Crippen LogP contribution is -2.34. The van der Waals surface area contributed by atoms with Crippen LogP contribution in [0.4, 0.5) is 0 Å². The van der Waals surface area contributed by atoms with Gasteiger partial charge < -0.3 is 19.6 Å². The molecule has 23 heavy (non-hydrogen) atoms. The van der Waals surface area contributed by atoms with E-state index >= 15 is 0 Å². The third-order valence-electron chi connectivity index (χ3n) is 3.59. The van der Waals surface area contributed by atoms with Crippen LogP contribution in [0.15, 0.2) is 22.1 Å². The summed E-state index contributed by atoms with van der Waals surface area (Å²) in [6.07, 6.45) is 3.13. The Labute approximate surface area is 138 Å². The van der Waals surface area contributed by atoms with E-state index in [1.807, 2.05) is 12.3 Å². The van der Waals surface area contributed by atoms with Crippen molar-refractivity contribution in [3.05, 3.63) is 28.3 Å². The molecule has 1 amide bonds. The van der Waals surface area contributed by atoms with Crippen LogP contribution in [-0.2, 0) is 4.74 Å². The predicted octanol–water partition coefficient (Wildman–Crippen LogP) is 2.23. The molecule has 0 aliphatic heterocycles. The van der Waals surface area contributed by atoms with E-state index in [4.69, 9.17) is 9.15 Å². The number of ether oxygens (including phenoxy) is 1. The Balaban J connectivity index is 1.45. The molecule has 1 aliphatic carbocycles. The van der Waals surface area contributed by atoms with Crippen LogP contribution in [0.3, 0.4) is 0 Å². The molecule has 0 saturated heterocycles. The van der Waals surface area contributed by atoms with E-state index in [9.17, 15) is 9.90 Å². The maximum Gasteiger partial charge on any atom is 0.254 e. The summed E-state index contributed by atoms with van der Waals surface area (Å²) in [5.74, 6) is 0.941. The van der Waals surface area contributed by atoms with Gasteiger partial charge >= 0.3 is 0 Å². The standard InChI is InChI=1S/C16H20N2O4S/c1-10-18-14(9-23-10)15-4-12(7-22-15)16(20)17-5-13(19)8-21-6-11-2-3-11/h4,7,9,11,13,19H,2-3,5-6,8H2,1H3,(H,17,20). The third-order valence-corrected chi connectivity index (χ3v) is 4.37. The van der Waals surface area contributed by atoms with Crippen molar-refractivity contribution in [3.8, 4) is 11.5 Å². The van der Waals surface area contributed by atoms with E-state index in [2.05, 4.69) is 10.3 Å². The fourth-order valence-corrected chi connectivity index (χ4v) is 2.70. The van der Waals surface area contributed by atoms with Crippen LogP contribution in [0.5, 0.6) is 0 Å². The average Bonchev–Trinajstić information content (AvgIpc) is 3.04. The molecule has 7 heteroatoms. The molecule has 3 rings (SSSR count). The van der Waals surface area contributed by atoms with Crippen LogP contribution in [0.2, 0.25) is 0 Å². The van der Waals surface area contributed by atoms with Crippen molar-refractivity contribution in [2.24, 2.45) is 5.92 Å². The van der Waals surface area contributed by atoms with Crippen LogP contribution >= 0.6 is 11.3 Å². The van der Waals surface area contributed by atoms with Gasteiger partial charge in [0, 0.05) is 18.5 Å². The number of carbonyl (C=O) groups excluding carboxylic acids is 1. The Morgan fingerprint density at radius 2 is 2.43 bits per heavy atom. The van der Waals surface area contributed by atoms with Gasteiger partial charge in [0.15, 0.2) is 5.76 Å². The summed E-state index contributed by atoms with van der Waals surface area (Å²) in [7, 11) is 0. The molecule has 1 aliphatic rings. The normalized spacial score (nSPS) is 15.6. The minimum atomic E-state index is -0.703. The largest absolute Gasteiger partial charge is 0.462 e. The average molecular weight is 336 g/mol. The maximum atomic E-state index is 12.1. The number of nitrogens with zero attached hydrogens (tertiary/aromatic N) is 1. The zero-order valence-electron chi connectivity index (χ0n) is 12.9. The molecule has 0 bridgehead atoms. The Morgan fingerprint density at radius 3 is 3.13 bits per heavy atom. The SMILES string of the molecule is Cc1nc(-c2cc(C(=O)NCC(O)COCC3CC3)co2)cs1. The van der Waals surface area contributed by atoms with E-state index < -0.39 is 6.10 Å². The van der Waals surface area contributed by atoms with E-state index in [1.54, 1.807) is 6.07 Å². The summed E-state index contributed by atoms with van der Waals surface area (Å²) in [6, 6.07) is 1.65. The van der Waals surface area contributed by atoms with Gasteiger partial charge in [0.2, 0.25) is 0 Å². The number of hydrogen-bond donors (Lipinski definition) is 2. The number of rotatable bonds is 8. The highest BCUT2D eigenvalue weighted by Crippen LogP contribution is 2.28. The van der Waals surface area contributed by atoms with Crippen molar-refractivity contribution in [3.63, 3.8) is 0 Å². The molecular weight excluding hydrogens is 316 g/mol. The monoisotopic (exact) mass is 336 g/mol. The quantitative estimate of drug-likeness (QED) is 0.772. The Hall–Kier alpha value is -1.70. The summed E-state index contributed by atoms with van der Waals surface area (Å²) >= 11 is 1.53. The highest BCUT2D eigenvalue weighted by molar-refractivity contribution is 7.09. The molecule has 6 nitrogen and oxygen atoms in total. The molecule has 1 unspecified atom stereocenters. The smallest absolute Gasteiger partial charge is 0.254 e. The van der Waals surface area contributed by atoms with Crippen LogP contribution in [0.25, 0.3) is 11.5 Å². The number of aryl methyl sites for hydroxylation is 1. The zero-order valence-corrected chi connectivity index (χ0v) is 13.8. The lowest BCUT2D eigenvalue weighted by atomic mass is 10.2. The van der Waals surface area contributed by atoms with Crippen molar-refractivity contribution in [2.45, 2.75) is 25.9 Å². The van der Waals surface area contributed by atoms with Gasteiger partial charge in [-0.05, 0) is 31.7 Å². The van der Waals surface area contributed by atoms with Gasteiger partial charge in [-0.2, -0.15) is 0 Å². The fraction of sp³-hybridized carbons (Fsp3) is 0.500. The highest BCUT2D eigenvalue weighted by atomic mass is 32.1. The Kier molecular flexibility index (Phi) is 5.09. The highest BCUT2D eigenvalue weighted by Gasteiger charge is 2.21. The number of furan rings is 1. The van der Waals surface area contributed by atoms with Gasteiger partial charge in [0.05, 0.1) is 23.3 Å². The number of hydrogen-bond acceptors (Lipinski definition) is 6. The first-order valence-electron chi connectivity index (χ1n) is 7.67. The predicted molar refractivity (Wildman–Crippen MR) is 86.4 cm³/mol. The first-order valence-corrected chi connectivity index (χ1v) is 8.55. The second-order valence-electron chi connectivity index (χ2n) is 5.80. The number of amides is 1. The molecule has 0 aromatic carbocycles. The lowest BCUT2D eigenvalue weighted by Gasteiger charge is -2.11. The van der Waals surface area contributed by atoms with Crippen LogP contribution in [-0.4, -0.2) is 41.9 Å². The molecule has 1 atom stereocenters. The first-order chi connectivity index (χ1) is 11.1. The van der Waals surface area contributed by atoms with E-state index in [1.165, 1.54) is 30.4 Å². The van der Waals surface area contributed by atoms with Gasteiger partial charge in [-0.3, -0.25) is 4.79 Å². The van der Waals surface area contributed by atoms with Crippen molar-refractivity contribution >= 4 is 17.2 Å². The summed E-state index contributed by atoms with van der Waals surface area (Å²) in [6.45, 7) is 3.01. The van der Waals surface area contributed by atoms with E-state index in [0.29, 0.717) is 23.8 Å². The van der Waals surface area contributed by atoms with Gasteiger partial charge in [-0.1, -0.05) is 0 Å². The first kappa shape index (κ1) is 16.2. The molecule has 0 spiro atoms. The molecule has 2 aromatic rings. The molecule has 0 radical (unpaired) electrons. The van der Waals surface area contributed by atoms with Gasteiger partial charge in [0.1, 0.15) is 12.0 Å². The molecule has 2 N–H and O–H groups in total. The van der Waals surface area contributed by atoms with Crippen molar-refractivity contribution < 1.29 is 19.1 Å². The molecule has 124 valence electrons. The van der Waals surface area contributed by atoms with Crippen LogP contribution in [0.1, 0.15) is 28.2 Å². The fourth-order valence-electron chi connectivity index (χ4n) is 2.09. The number of aliphatic hydroxyl groups excluding tert-OH is 1. The molecular formula is C16H20N2O4S. The number of carbonyl (C=O) groups is 1. The lowest BCUT2D eigenvalue weighted by molar-refractivity contribution is 0.0320. The van der Waals surface area contributed by atoms with Gasteiger partial charge in [0.25, 0.3) is 5.91 Å². The second-order valence-corrected chi connectivity index (χ2v) is 6.86. The maximum absolute atomic E-state index is 12.1. The second kappa shape index (κ2) is 7.25. The van der Waals surface area contributed by atoms with Crippen LogP contribution in [0, 0.1) is 12.8 Å². The summed E-state index contributed by atoms with van der Waals surface area (Å²) in [5.41, 5.74) is 1.14. The van der Waals surface area contributed by atoms with Crippen molar-refractivity contribution in [2.75, 3.05) is 19.8 Å². The van der Waals surface area contributed by atoms with Gasteiger partial charge in [-0.25, -0.2) is 4.98 Å². The van der Waals surface area contributed by atoms with Crippen molar-refractivity contribution in [1.29, 1.82) is 0 Å². The summed E-state index contributed by atoms with van der Waals surface area (Å²) in [4.78, 5) is 16.4. The molecule has 2 heterocycles. The molecule has 2 aromatic heterocycles. The number of thiazole rings is 1. The van der Waals surface area contributed by atoms with E-state index in [-0.39, 0.29) is 19.1 Å². The van der Waals surface area contributed by atoms with Crippen molar-refractivity contribution in [1.82, 2.24) is 10.3 Å². The third kappa shape index (κ3) is 4.63. The summed E-state index contributed by atoms with van der Waals surface area (Å²) < 4.78 is 10.8. The molecule has 1 fully saturated rings.